The molecule has 0 saturated carbocycles. The lowest BCUT2D eigenvalue weighted by molar-refractivity contribution is -0.145. The quantitative estimate of drug-likeness (QED) is 0.0485. The third-order valence-corrected chi connectivity index (χ3v) is 10.8. The molecule has 0 radical (unpaired) electrons. The Morgan fingerprint density at radius 2 is 0.708 bits per heavy atom. The minimum absolute atomic E-state index is 0.00781. The molecule has 4 nitrogen and oxygen atoms in total. The van der Waals surface area contributed by atoms with Gasteiger partial charge in [-0.15, -0.1) is 0 Å². The summed E-state index contributed by atoms with van der Waals surface area (Å²) in [6, 6.07) is 0. The van der Waals surface area contributed by atoms with Gasteiger partial charge in [0.25, 0.3) is 0 Å². The number of carbonyl (C=O) groups excluding carboxylic acids is 2. The molecule has 0 aliphatic rings. The van der Waals surface area contributed by atoms with Crippen LogP contribution in [0.2, 0.25) is 0 Å². The molecule has 0 spiro atoms. The third kappa shape index (κ3) is 31.0. The smallest absolute Gasteiger partial charge is 0.305 e. The Balaban J connectivity index is 3.97. The maximum absolute atomic E-state index is 12.3. The summed E-state index contributed by atoms with van der Waals surface area (Å²) in [6.07, 6.45) is 35.8. The lowest BCUT2D eigenvalue weighted by Crippen LogP contribution is -2.11. The largest absolute Gasteiger partial charge is 0.466 e. The normalized spacial score (nSPS) is 11.8. The van der Waals surface area contributed by atoms with Crippen LogP contribution in [-0.2, 0) is 19.1 Å². The van der Waals surface area contributed by atoms with Gasteiger partial charge in [0.2, 0.25) is 0 Å². The van der Waals surface area contributed by atoms with E-state index in [2.05, 4.69) is 41.5 Å². The molecule has 0 aliphatic carbocycles. The van der Waals surface area contributed by atoms with Crippen molar-refractivity contribution < 1.29 is 19.1 Å². The summed E-state index contributed by atoms with van der Waals surface area (Å²) in [6.45, 7) is 15.0. The first-order valence-corrected chi connectivity index (χ1v) is 21.7. The highest BCUT2D eigenvalue weighted by molar-refractivity contribution is 5.69. The number of rotatable bonds is 37. The number of hydrogen-bond acceptors (Lipinski definition) is 4. The topological polar surface area (TPSA) is 52.6 Å². The van der Waals surface area contributed by atoms with E-state index in [0.29, 0.717) is 26.1 Å². The Bertz CT molecular complexity index is 615. The second-order valence-electron chi connectivity index (χ2n) is 15.6. The summed E-state index contributed by atoms with van der Waals surface area (Å²) in [5, 5.41) is 0. The molecular formula is C44H86O4. The molecule has 0 heterocycles. The van der Waals surface area contributed by atoms with E-state index in [0.717, 1.165) is 62.2 Å². The molecule has 0 aliphatic heterocycles. The van der Waals surface area contributed by atoms with E-state index < -0.39 is 0 Å². The van der Waals surface area contributed by atoms with E-state index >= 15 is 0 Å². The van der Waals surface area contributed by atoms with Gasteiger partial charge in [0, 0.05) is 12.8 Å². The Kier molecular flexibility index (Phi) is 35.0. The predicted molar refractivity (Wildman–Crippen MR) is 208 cm³/mol. The van der Waals surface area contributed by atoms with Crippen LogP contribution in [0.5, 0.6) is 0 Å². The van der Waals surface area contributed by atoms with E-state index in [1.165, 1.54) is 141 Å². The van der Waals surface area contributed by atoms with Gasteiger partial charge in [0.15, 0.2) is 0 Å². The van der Waals surface area contributed by atoms with Gasteiger partial charge in [-0.1, -0.05) is 196 Å². The van der Waals surface area contributed by atoms with Gasteiger partial charge >= 0.3 is 11.9 Å². The standard InChI is InChI=1S/C44H86O4/c1-7-11-19-27-40(28-20-12-8-2)35-37-47-43(45)33-25-17-15-23-31-42(39(5)6)32-24-16-18-26-34-44(46)48-38-36-41(29-21-13-9-3)30-22-14-10-4/h39-42H,7-38H2,1-6H3. The van der Waals surface area contributed by atoms with Crippen molar-refractivity contribution in [1.82, 2.24) is 0 Å². The number of carbonyl (C=O) groups is 2. The van der Waals surface area contributed by atoms with E-state index in [1.807, 2.05) is 0 Å². The van der Waals surface area contributed by atoms with Crippen molar-refractivity contribution in [3.05, 3.63) is 0 Å². The first kappa shape index (κ1) is 46.9. The molecule has 0 amide bonds. The third-order valence-electron chi connectivity index (χ3n) is 10.8. The second-order valence-corrected chi connectivity index (χ2v) is 15.6. The summed E-state index contributed by atoms with van der Waals surface area (Å²) in [5.74, 6) is 2.96. The molecule has 4 heteroatoms. The van der Waals surface area contributed by atoms with Gasteiger partial charge in [-0.05, 0) is 49.4 Å². The van der Waals surface area contributed by atoms with Crippen LogP contribution in [0.1, 0.15) is 234 Å². The summed E-state index contributed by atoms with van der Waals surface area (Å²) in [4.78, 5) is 24.6. The van der Waals surface area contributed by atoms with E-state index in [4.69, 9.17) is 9.47 Å². The molecule has 0 N–H and O–H groups in total. The van der Waals surface area contributed by atoms with Crippen molar-refractivity contribution in [3.63, 3.8) is 0 Å². The van der Waals surface area contributed by atoms with Gasteiger partial charge in [-0.25, -0.2) is 0 Å². The highest BCUT2D eigenvalue weighted by Crippen LogP contribution is 2.26. The van der Waals surface area contributed by atoms with E-state index in [-0.39, 0.29) is 11.9 Å². The molecule has 0 aromatic rings. The van der Waals surface area contributed by atoms with Crippen molar-refractivity contribution in [1.29, 1.82) is 0 Å². The minimum Gasteiger partial charge on any atom is -0.466 e. The molecule has 286 valence electrons. The van der Waals surface area contributed by atoms with Crippen LogP contribution >= 0.6 is 0 Å². The zero-order valence-electron chi connectivity index (χ0n) is 33.6. The van der Waals surface area contributed by atoms with Crippen molar-refractivity contribution >= 4 is 11.9 Å². The van der Waals surface area contributed by atoms with Gasteiger partial charge < -0.3 is 9.47 Å². The van der Waals surface area contributed by atoms with Crippen LogP contribution in [0.4, 0.5) is 0 Å². The molecule has 0 atom stereocenters. The first-order chi connectivity index (χ1) is 23.4. The average Bonchev–Trinajstić information content (AvgIpc) is 3.06. The highest BCUT2D eigenvalue weighted by Gasteiger charge is 2.14. The van der Waals surface area contributed by atoms with Crippen molar-refractivity contribution in [2.24, 2.45) is 23.7 Å². The Morgan fingerprint density at radius 3 is 1.02 bits per heavy atom. The highest BCUT2D eigenvalue weighted by atomic mass is 16.5. The van der Waals surface area contributed by atoms with Crippen LogP contribution < -0.4 is 0 Å². The van der Waals surface area contributed by atoms with Gasteiger partial charge in [-0.2, -0.15) is 0 Å². The number of esters is 2. The van der Waals surface area contributed by atoms with Crippen LogP contribution in [0.15, 0.2) is 0 Å². The van der Waals surface area contributed by atoms with E-state index in [9.17, 15) is 9.59 Å². The number of unbranched alkanes of at least 4 members (excludes halogenated alkanes) is 14. The molecule has 0 unspecified atom stereocenters. The second kappa shape index (κ2) is 35.8. The molecule has 48 heavy (non-hydrogen) atoms. The average molecular weight is 679 g/mol. The molecule has 0 aromatic heterocycles. The SMILES string of the molecule is CCCCCC(CCCCC)CCOC(=O)CCCCCCC(CCCCCCC(=O)OCCC(CCCCC)CCCCC)C(C)C. The Hall–Kier alpha value is -1.06. The molecule has 0 fully saturated rings. The molecule has 0 aromatic carbocycles. The summed E-state index contributed by atoms with van der Waals surface area (Å²) in [7, 11) is 0. The molecule has 0 rings (SSSR count). The van der Waals surface area contributed by atoms with Gasteiger partial charge in [0.1, 0.15) is 0 Å². The summed E-state index contributed by atoms with van der Waals surface area (Å²) in [5.41, 5.74) is 0. The van der Waals surface area contributed by atoms with Crippen LogP contribution in [0.25, 0.3) is 0 Å². The maximum atomic E-state index is 12.3. The predicted octanol–water partition coefficient (Wildman–Crippen LogP) is 14.4. The Labute approximate surface area is 301 Å². The van der Waals surface area contributed by atoms with Crippen LogP contribution in [0.3, 0.4) is 0 Å². The van der Waals surface area contributed by atoms with Crippen LogP contribution in [0, 0.1) is 23.7 Å². The number of ether oxygens (including phenoxy) is 2. The zero-order valence-corrected chi connectivity index (χ0v) is 33.6. The van der Waals surface area contributed by atoms with Crippen LogP contribution in [-0.4, -0.2) is 25.2 Å². The van der Waals surface area contributed by atoms with Crippen molar-refractivity contribution in [2.45, 2.75) is 234 Å². The monoisotopic (exact) mass is 679 g/mol. The fraction of sp³-hybridized carbons (Fsp3) is 0.955. The van der Waals surface area contributed by atoms with Crippen molar-refractivity contribution in [2.75, 3.05) is 13.2 Å². The fourth-order valence-electron chi connectivity index (χ4n) is 7.29. The van der Waals surface area contributed by atoms with Crippen molar-refractivity contribution in [3.8, 4) is 0 Å². The number of hydrogen-bond donors (Lipinski definition) is 0. The summed E-state index contributed by atoms with van der Waals surface area (Å²) < 4.78 is 11.3. The minimum atomic E-state index is 0.00781. The lowest BCUT2D eigenvalue weighted by Gasteiger charge is -2.21. The molecule has 0 saturated heterocycles. The van der Waals surface area contributed by atoms with Gasteiger partial charge in [-0.3, -0.25) is 9.59 Å². The fourth-order valence-corrected chi connectivity index (χ4v) is 7.29. The van der Waals surface area contributed by atoms with Gasteiger partial charge in [0.05, 0.1) is 13.2 Å². The first-order valence-electron chi connectivity index (χ1n) is 21.7. The molecular weight excluding hydrogens is 592 g/mol. The van der Waals surface area contributed by atoms with E-state index in [1.54, 1.807) is 0 Å². The molecule has 0 bridgehead atoms. The summed E-state index contributed by atoms with van der Waals surface area (Å²) >= 11 is 0. The maximum Gasteiger partial charge on any atom is 0.305 e. The Morgan fingerprint density at radius 1 is 0.396 bits per heavy atom. The zero-order chi connectivity index (χ0) is 35.5. The lowest BCUT2D eigenvalue weighted by atomic mass is 9.85.